The molecule has 0 amide bonds. The number of hydrogen-bond donors (Lipinski definition) is 3. The topological polar surface area (TPSA) is 132 Å². The summed E-state index contributed by atoms with van der Waals surface area (Å²) in [6, 6.07) is 0. The SMILES string of the molecule is CO[C@H]1[C@H](O[C@H]2CC[C@]3(C=O)[C@H]4CC[C@]5(C)[C@@H](C6=CC(=O)OC6)CC[C@]5(O)[C@@H]4CC[C@]3(O)C2)O[C@H](C)C[C@H]1O. The Bertz CT molecular complexity index is 1030. The van der Waals surface area contributed by atoms with Crippen LogP contribution in [-0.2, 0) is 28.5 Å². The van der Waals surface area contributed by atoms with E-state index in [1.807, 2.05) is 6.92 Å². The van der Waals surface area contributed by atoms with Crippen molar-refractivity contribution in [3.8, 4) is 0 Å². The fraction of sp³-hybridized carbons (Fsp3) is 0.867. The normalized spacial score (nSPS) is 53.3. The maximum atomic E-state index is 13.0. The molecule has 0 spiro atoms. The fourth-order valence-corrected chi connectivity index (χ4v) is 10.0. The van der Waals surface area contributed by atoms with Crippen LogP contribution in [0.25, 0.3) is 0 Å². The van der Waals surface area contributed by atoms with Crippen LogP contribution in [0.1, 0.15) is 78.1 Å². The quantitative estimate of drug-likeness (QED) is 0.269. The zero-order valence-corrected chi connectivity index (χ0v) is 23.3. The zero-order valence-electron chi connectivity index (χ0n) is 23.3. The van der Waals surface area contributed by atoms with Crippen molar-refractivity contribution in [3.05, 3.63) is 11.6 Å². The molecule has 9 heteroatoms. The molecule has 3 N–H and O–H groups in total. The van der Waals surface area contributed by atoms with E-state index in [9.17, 15) is 24.9 Å². The van der Waals surface area contributed by atoms with Gasteiger partial charge in [0, 0.05) is 31.4 Å². The van der Waals surface area contributed by atoms with Gasteiger partial charge in [-0.2, -0.15) is 0 Å². The number of cyclic esters (lactones) is 1. The van der Waals surface area contributed by atoms with E-state index in [4.69, 9.17) is 18.9 Å². The Labute approximate surface area is 230 Å². The van der Waals surface area contributed by atoms with Crippen molar-refractivity contribution in [1.82, 2.24) is 0 Å². The first kappa shape index (κ1) is 27.8. The minimum absolute atomic E-state index is 0.0778. The lowest BCUT2D eigenvalue weighted by atomic mass is 9.41. The summed E-state index contributed by atoms with van der Waals surface area (Å²) in [5.41, 5.74) is -2.58. The molecular formula is C30H44O9. The van der Waals surface area contributed by atoms with Crippen LogP contribution in [0.3, 0.4) is 0 Å². The predicted octanol–water partition coefficient (Wildman–Crippen LogP) is 2.43. The van der Waals surface area contributed by atoms with E-state index in [2.05, 4.69) is 6.92 Å². The third-order valence-corrected chi connectivity index (χ3v) is 12.0. The van der Waals surface area contributed by atoms with E-state index >= 15 is 0 Å². The second-order valence-electron chi connectivity index (χ2n) is 13.6. The first-order valence-corrected chi connectivity index (χ1v) is 14.8. The Hall–Kier alpha value is -1.36. The Morgan fingerprint density at radius 2 is 1.85 bits per heavy atom. The molecule has 2 aliphatic heterocycles. The smallest absolute Gasteiger partial charge is 0.331 e. The molecule has 218 valence electrons. The molecule has 6 aliphatic rings. The van der Waals surface area contributed by atoms with Gasteiger partial charge in [0.25, 0.3) is 0 Å². The molecule has 0 radical (unpaired) electrons. The number of carbonyl (C=O) groups is 2. The number of aliphatic hydroxyl groups excluding tert-OH is 1. The van der Waals surface area contributed by atoms with Crippen molar-refractivity contribution >= 4 is 12.3 Å². The lowest BCUT2D eigenvalue weighted by molar-refractivity contribution is -0.302. The highest BCUT2D eigenvalue weighted by Gasteiger charge is 2.71. The van der Waals surface area contributed by atoms with Crippen LogP contribution in [0.5, 0.6) is 0 Å². The first-order valence-electron chi connectivity index (χ1n) is 14.8. The van der Waals surface area contributed by atoms with Crippen molar-refractivity contribution in [1.29, 1.82) is 0 Å². The Morgan fingerprint density at radius 3 is 2.54 bits per heavy atom. The molecule has 0 unspecified atom stereocenters. The van der Waals surface area contributed by atoms with E-state index < -0.39 is 40.5 Å². The monoisotopic (exact) mass is 548 g/mol. The van der Waals surface area contributed by atoms with Gasteiger partial charge in [0.05, 0.1) is 34.9 Å². The summed E-state index contributed by atoms with van der Waals surface area (Å²) < 4.78 is 23.0. The van der Waals surface area contributed by atoms with Gasteiger partial charge in [0.2, 0.25) is 0 Å². The molecule has 0 aromatic heterocycles. The number of aldehydes is 1. The number of methoxy groups -OCH3 is 1. The maximum absolute atomic E-state index is 13.0. The molecule has 4 aliphatic carbocycles. The van der Waals surface area contributed by atoms with Gasteiger partial charge in [-0.3, -0.25) is 0 Å². The minimum atomic E-state index is -1.24. The lowest BCUT2D eigenvalue weighted by Crippen LogP contribution is -2.69. The van der Waals surface area contributed by atoms with Crippen molar-refractivity contribution in [3.63, 3.8) is 0 Å². The number of esters is 1. The third-order valence-electron chi connectivity index (χ3n) is 12.0. The highest BCUT2D eigenvalue weighted by Crippen LogP contribution is 2.70. The number of carbonyl (C=O) groups excluding carboxylic acids is 2. The summed E-state index contributed by atoms with van der Waals surface area (Å²) in [6.45, 7) is 4.34. The van der Waals surface area contributed by atoms with Crippen LogP contribution in [0.2, 0.25) is 0 Å². The number of ether oxygens (including phenoxy) is 4. The molecule has 0 aromatic carbocycles. The summed E-state index contributed by atoms with van der Waals surface area (Å²) in [6.07, 6.45) is 5.80. The molecule has 1 saturated heterocycles. The molecule has 5 fully saturated rings. The summed E-state index contributed by atoms with van der Waals surface area (Å²) in [5.74, 6) is -0.451. The molecule has 9 nitrogen and oxygen atoms in total. The molecule has 4 saturated carbocycles. The molecule has 12 atom stereocenters. The first-order chi connectivity index (χ1) is 18.5. The number of rotatable bonds is 5. The summed E-state index contributed by atoms with van der Waals surface area (Å²) >= 11 is 0. The minimum Gasteiger partial charge on any atom is -0.458 e. The van der Waals surface area contributed by atoms with Crippen LogP contribution in [0.15, 0.2) is 11.6 Å². The molecule has 6 rings (SSSR count). The van der Waals surface area contributed by atoms with E-state index in [1.165, 1.54) is 7.11 Å². The van der Waals surface area contributed by atoms with Gasteiger partial charge in [-0.25, -0.2) is 4.79 Å². The Balaban J connectivity index is 1.23. The molecular weight excluding hydrogens is 504 g/mol. The predicted molar refractivity (Wildman–Crippen MR) is 138 cm³/mol. The average molecular weight is 549 g/mol. The second kappa shape index (κ2) is 9.60. The molecule has 2 heterocycles. The van der Waals surface area contributed by atoms with Crippen LogP contribution >= 0.6 is 0 Å². The van der Waals surface area contributed by atoms with Crippen molar-refractivity contribution in [2.24, 2.45) is 28.6 Å². The maximum Gasteiger partial charge on any atom is 0.331 e. The van der Waals surface area contributed by atoms with Gasteiger partial charge in [-0.05, 0) is 81.6 Å². The van der Waals surface area contributed by atoms with Gasteiger partial charge >= 0.3 is 5.97 Å². The summed E-state index contributed by atoms with van der Waals surface area (Å²) in [7, 11) is 1.53. The average Bonchev–Trinajstić information content (AvgIpc) is 3.43. The van der Waals surface area contributed by atoms with Crippen LogP contribution in [-0.4, -0.2) is 83.2 Å². The fourth-order valence-electron chi connectivity index (χ4n) is 10.0. The number of hydrogen-bond acceptors (Lipinski definition) is 9. The molecule has 39 heavy (non-hydrogen) atoms. The second-order valence-corrected chi connectivity index (χ2v) is 13.6. The largest absolute Gasteiger partial charge is 0.458 e. The van der Waals surface area contributed by atoms with Crippen LogP contribution in [0.4, 0.5) is 0 Å². The number of aliphatic hydroxyl groups is 3. The van der Waals surface area contributed by atoms with Crippen LogP contribution in [0, 0.1) is 28.6 Å². The van der Waals surface area contributed by atoms with Crippen LogP contribution < -0.4 is 0 Å². The molecule has 0 bridgehead atoms. The Morgan fingerprint density at radius 1 is 1.08 bits per heavy atom. The lowest BCUT2D eigenvalue weighted by Gasteiger charge is -2.65. The van der Waals surface area contributed by atoms with Gasteiger partial charge in [0.1, 0.15) is 19.0 Å². The highest BCUT2D eigenvalue weighted by molar-refractivity contribution is 5.85. The zero-order chi connectivity index (χ0) is 27.8. The van der Waals surface area contributed by atoms with Gasteiger partial charge in [-0.1, -0.05) is 6.92 Å². The van der Waals surface area contributed by atoms with E-state index in [-0.39, 0.29) is 35.9 Å². The Kier molecular flexibility index (Phi) is 6.84. The summed E-state index contributed by atoms with van der Waals surface area (Å²) in [5, 5.41) is 35.0. The molecule has 0 aromatic rings. The van der Waals surface area contributed by atoms with Crippen molar-refractivity contribution < 1.29 is 43.9 Å². The number of fused-ring (bicyclic) bond motifs is 5. The third kappa shape index (κ3) is 3.94. The van der Waals surface area contributed by atoms with Crippen molar-refractivity contribution in [2.45, 2.75) is 120 Å². The standard InChI is InChI=1S/C30H44O9/c1-17-12-23(32)25(36-3)26(38-17)39-19-4-9-28(16-31)21-5-8-27(2)20(18-13-24(33)37-15-18)7-11-30(27,35)22(21)6-10-29(28,34)14-19/h13,16-17,19-23,25-26,32,34-35H,4-12,14-15H2,1-3H3/t17-,19+,20-,21+,22-,23-,25-,26+,27-,28+,29+,30+/m1/s1. The highest BCUT2D eigenvalue weighted by atomic mass is 16.7. The van der Waals surface area contributed by atoms with Gasteiger partial charge < -0.3 is 39.1 Å². The summed E-state index contributed by atoms with van der Waals surface area (Å²) in [4.78, 5) is 24.8. The van der Waals surface area contributed by atoms with E-state index in [1.54, 1.807) is 6.08 Å². The van der Waals surface area contributed by atoms with Gasteiger partial charge in [-0.15, -0.1) is 0 Å². The van der Waals surface area contributed by atoms with Gasteiger partial charge in [0.15, 0.2) is 6.29 Å². The van der Waals surface area contributed by atoms with E-state index in [0.717, 1.165) is 31.1 Å². The van der Waals surface area contributed by atoms with E-state index in [0.29, 0.717) is 51.6 Å². The van der Waals surface area contributed by atoms with Crippen molar-refractivity contribution in [2.75, 3.05) is 13.7 Å².